The molecule has 0 saturated carbocycles. The zero-order valence-electron chi connectivity index (χ0n) is 81.9. The molecule has 0 aliphatic carbocycles. The van der Waals surface area contributed by atoms with Crippen LogP contribution in [0.25, 0.3) is 296 Å². The lowest BCUT2D eigenvalue weighted by Crippen LogP contribution is -1.95. The molecule has 0 aliphatic rings. The number of para-hydroxylation sites is 1. The highest BCUT2D eigenvalue weighted by Crippen LogP contribution is 2.55. The van der Waals surface area contributed by atoms with Gasteiger partial charge in [0, 0.05) is 51.6 Å². The Morgan fingerprint density at radius 3 is 0.760 bits per heavy atom. The average molecular weight is 1900 g/mol. The van der Waals surface area contributed by atoms with Crippen molar-refractivity contribution in [2.45, 2.75) is 0 Å². The number of aromatic nitrogens is 4. The maximum atomic E-state index is 5.19. The zero-order chi connectivity index (χ0) is 99.1. The summed E-state index contributed by atoms with van der Waals surface area (Å²) in [5, 5.41) is 35.5. The van der Waals surface area contributed by atoms with E-state index in [0.29, 0.717) is 0 Å². The minimum absolute atomic E-state index is 0.937. The van der Waals surface area contributed by atoms with E-state index in [9.17, 15) is 0 Å². The molecular weight excluding hydrogens is 1810 g/mol. The van der Waals surface area contributed by atoms with Crippen molar-refractivity contribution in [3.8, 4) is 134 Å². The first-order valence-corrected chi connectivity index (χ1v) is 51.5. The molecule has 0 spiro atoms. The van der Waals surface area contributed by atoms with Crippen LogP contribution in [0.2, 0.25) is 0 Å². The Hall–Kier alpha value is -19.8. The lowest BCUT2D eigenvalue weighted by atomic mass is 9.82. The monoisotopic (exact) mass is 1900 g/mol. The molecule has 26 aromatic carbocycles. The second kappa shape index (κ2) is 37.4. The van der Waals surface area contributed by atoms with Crippen LogP contribution in [0.1, 0.15) is 0 Å². The molecule has 0 fully saturated rings. The number of nitrogens with zero attached hydrogens (tertiary/aromatic N) is 4. The molecule has 0 N–H and O–H groups in total. The summed E-state index contributed by atoms with van der Waals surface area (Å²) < 4.78 is 0. The molecular formula is C146H92N4. The molecule has 0 aliphatic heterocycles. The molecule has 30 aromatic rings. The van der Waals surface area contributed by atoms with Crippen LogP contribution in [-0.2, 0) is 0 Å². The van der Waals surface area contributed by atoms with Crippen LogP contribution in [-0.4, -0.2) is 19.9 Å². The summed E-state index contributed by atoms with van der Waals surface area (Å²) in [6, 6.07) is 196. The fraction of sp³-hybridized carbons (Fsp3) is 0. The Kier molecular flexibility index (Phi) is 22.0. The second-order valence-electron chi connectivity index (χ2n) is 38.9. The molecule has 4 nitrogen and oxygen atoms in total. The maximum Gasteiger partial charge on any atom is 0.0792 e. The average Bonchev–Trinajstić information content (AvgIpc) is 0.715. The number of benzene rings is 26. The van der Waals surface area contributed by atoms with Gasteiger partial charge in [-0.25, -0.2) is 4.98 Å². The van der Waals surface area contributed by atoms with Crippen molar-refractivity contribution < 1.29 is 0 Å². The van der Waals surface area contributed by atoms with Crippen molar-refractivity contribution in [1.82, 2.24) is 19.9 Å². The van der Waals surface area contributed by atoms with Gasteiger partial charge in [-0.3, -0.25) is 15.0 Å². The summed E-state index contributed by atoms with van der Waals surface area (Å²) in [4.78, 5) is 20.0. The fourth-order valence-electron chi connectivity index (χ4n) is 24.3. The van der Waals surface area contributed by atoms with Gasteiger partial charge in [0.2, 0.25) is 0 Å². The lowest BCUT2D eigenvalue weighted by Gasteiger charge is -2.21. The van der Waals surface area contributed by atoms with E-state index in [1.807, 2.05) is 30.7 Å². The van der Waals surface area contributed by atoms with Gasteiger partial charge in [0.05, 0.1) is 28.3 Å². The van der Waals surface area contributed by atoms with Gasteiger partial charge in [0.15, 0.2) is 0 Å². The number of hydrogen-bond acceptors (Lipinski definition) is 4. The highest BCUT2D eigenvalue weighted by atomic mass is 14.7. The van der Waals surface area contributed by atoms with Gasteiger partial charge in [0.1, 0.15) is 0 Å². The summed E-state index contributed by atoms with van der Waals surface area (Å²) in [5.74, 6) is 0. The maximum absolute atomic E-state index is 5.19. The first-order valence-electron chi connectivity index (χ1n) is 51.5. The molecule has 4 heteroatoms. The van der Waals surface area contributed by atoms with Crippen LogP contribution >= 0.6 is 0 Å². The van der Waals surface area contributed by atoms with E-state index < -0.39 is 0 Å². The van der Waals surface area contributed by atoms with Crippen molar-refractivity contribution in [2.24, 2.45) is 0 Å². The molecule has 0 saturated heterocycles. The lowest BCUT2D eigenvalue weighted by molar-refractivity contribution is 1.31. The first kappa shape index (κ1) is 88.0. The number of hydrogen-bond donors (Lipinski definition) is 0. The van der Waals surface area contributed by atoms with E-state index in [1.165, 1.54) is 235 Å². The van der Waals surface area contributed by atoms with Crippen LogP contribution in [0.4, 0.5) is 0 Å². The largest absolute Gasteiger partial charge is 0.256 e. The van der Waals surface area contributed by atoms with E-state index >= 15 is 0 Å². The van der Waals surface area contributed by atoms with E-state index in [4.69, 9.17) is 19.9 Å². The van der Waals surface area contributed by atoms with Crippen molar-refractivity contribution >= 4 is 162 Å². The van der Waals surface area contributed by atoms with Gasteiger partial charge >= 0.3 is 0 Å². The Morgan fingerprint density at radius 2 is 0.387 bits per heavy atom. The number of pyridine rings is 4. The molecule has 696 valence electrons. The summed E-state index contributed by atoms with van der Waals surface area (Å²) in [5.41, 5.74) is 29.3. The molecule has 0 bridgehead atoms. The third kappa shape index (κ3) is 15.0. The van der Waals surface area contributed by atoms with Gasteiger partial charge in [-0.15, -0.1) is 0 Å². The third-order valence-electron chi connectivity index (χ3n) is 30.7. The third-order valence-corrected chi connectivity index (χ3v) is 30.7. The summed E-state index contributed by atoms with van der Waals surface area (Å²) in [7, 11) is 0. The van der Waals surface area contributed by atoms with Gasteiger partial charge in [-0.1, -0.05) is 479 Å². The number of fused-ring (bicyclic) bond motifs is 18. The van der Waals surface area contributed by atoms with Gasteiger partial charge in [-0.05, 0) is 295 Å². The van der Waals surface area contributed by atoms with E-state index in [0.717, 1.165) is 61.0 Å². The van der Waals surface area contributed by atoms with Gasteiger partial charge in [-0.2, -0.15) is 0 Å². The Labute approximate surface area is 867 Å². The molecule has 0 amide bonds. The van der Waals surface area contributed by atoms with Crippen molar-refractivity contribution in [3.63, 3.8) is 0 Å². The minimum atomic E-state index is 0.937. The standard InChI is InChI=1S/2C49H31N.C48H30N2/c1-3-16-33(17-4-1)47-37-21-9-8-20-36(37)43-31-35(27-29-42(43)48(47)34-18-5-2-6-19-34)46-38-22-10-12-24-40(38)49(41-25-13-11-23-39(41)46)45-30-28-32-15-7-14-26-44(32)50-45;1-3-16-33(17-4-1)46-38-22-10-9-21-37(38)44-31-35(27-28-43(44)47(46)34-18-5-2-6-19-34)45-39-23-11-13-25-41(39)48(42-26-14-12-24-40(42)45)49-36-20-8-7-15-32(36)29-30-50-49;1-2-16-33-31(14-1)15-13-23-35(33)46-39-21-7-5-19-37(39)45(38-20-6-8-22-40(38)46)32-26-27-41-42(30-32)34-17-3-4-18-36(34)47(43-24-9-11-28-49-43)48(41)44-25-10-12-29-50-44/h2*1-31H;1-30H. The van der Waals surface area contributed by atoms with Crippen LogP contribution in [0, 0.1) is 0 Å². The highest BCUT2D eigenvalue weighted by molar-refractivity contribution is 6.31. The Bertz CT molecular complexity index is 10100. The van der Waals surface area contributed by atoms with Crippen LogP contribution in [0.15, 0.2) is 558 Å². The first-order chi connectivity index (χ1) is 74.5. The predicted octanol–water partition coefficient (Wildman–Crippen LogP) is 39.9. The fourth-order valence-corrected chi connectivity index (χ4v) is 24.3. The highest BCUT2D eigenvalue weighted by Gasteiger charge is 2.29. The van der Waals surface area contributed by atoms with Crippen molar-refractivity contribution in [1.29, 1.82) is 0 Å². The SMILES string of the molecule is c1ccc(-c2c(-c3ccccc3)c3ccc(-c4c5ccccc5c(-c5ccc6ccccc6n5)c5ccccc45)cc3c3ccccc23)cc1.c1ccc(-c2c(-c3ccccc3)c3ccc(-c4c5ccccc5c(-c5nccc6ccccc56)c5ccccc45)cc3c3ccccc23)cc1.c1ccc(-c2c(-c3ccccn3)c3ccc(-c4c5ccccc5c(-c5cccc6ccccc56)c5ccccc45)cc3c3ccccc23)nc1. The Balaban J connectivity index is 0.000000108. The van der Waals surface area contributed by atoms with Crippen LogP contribution in [0.3, 0.4) is 0 Å². The number of rotatable bonds is 12. The smallest absolute Gasteiger partial charge is 0.0792 e. The van der Waals surface area contributed by atoms with E-state index in [1.54, 1.807) is 0 Å². The zero-order valence-corrected chi connectivity index (χ0v) is 81.9. The molecule has 4 aromatic heterocycles. The second-order valence-corrected chi connectivity index (χ2v) is 38.9. The van der Waals surface area contributed by atoms with E-state index in [-0.39, 0.29) is 0 Å². The van der Waals surface area contributed by atoms with Crippen LogP contribution in [0.5, 0.6) is 0 Å². The summed E-state index contributed by atoms with van der Waals surface area (Å²) >= 11 is 0. The molecule has 0 unspecified atom stereocenters. The molecule has 4 heterocycles. The van der Waals surface area contributed by atoms with Gasteiger partial charge in [0.25, 0.3) is 0 Å². The summed E-state index contributed by atoms with van der Waals surface area (Å²) in [6.45, 7) is 0. The molecule has 0 atom stereocenters. The van der Waals surface area contributed by atoms with E-state index in [2.05, 4.69) is 528 Å². The molecule has 0 radical (unpaired) electrons. The molecule has 150 heavy (non-hydrogen) atoms. The Morgan fingerprint density at radius 1 is 0.113 bits per heavy atom. The summed E-state index contributed by atoms with van der Waals surface area (Å²) in [6.07, 6.45) is 5.69. The predicted molar refractivity (Wildman–Crippen MR) is 638 cm³/mol. The minimum Gasteiger partial charge on any atom is -0.256 e. The van der Waals surface area contributed by atoms with Crippen LogP contribution < -0.4 is 0 Å². The quantitative estimate of drug-likeness (QED) is 0.0903. The van der Waals surface area contributed by atoms with Gasteiger partial charge < -0.3 is 0 Å². The topological polar surface area (TPSA) is 51.6 Å². The molecule has 30 rings (SSSR count). The van der Waals surface area contributed by atoms with Crippen molar-refractivity contribution in [3.05, 3.63) is 558 Å². The van der Waals surface area contributed by atoms with Crippen molar-refractivity contribution in [2.75, 3.05) is 0 Å². The normalized spacial score (nSPS) is 11.6.